The second-order valence-electron chi connectivity index (χ2n) is 6.40. The molecule has 0 saturated carbocycles. The highest BCUT2D eigenvalue weighted by Crippen LogP contribution is 2.10. The van der Waals surface area contributed by atoms with Gasteiger partial charge in [-0.15, -0.1) is 24.0 Å². The smallest absolute Gasteiger partial charge is 0.191 e. The Bertz CT molecular complexity index is 492. The summed E-state index contributed by atoms with van der Waals surface area (Å²) in [5.74, 6) is 1.37. The Morgan fingerprint density at radius 2 is 1.73 bits per heavy atom. The van der Waals surface area contributed by atoms with Gasteiger partial charge in [0.1, 0.15) is 0 Å². The maximum atomic E-state index is 5.80. The van der Waals surface area contributed by atoms with Gasteiger partial charge in [0.05, 0.1) is 19.3 Å². The molecule has 0 aromatic heterocycles. The van der Waals surface area contributed by atoms with Gasteiger partial charge in [0.15, 0.2) is 5.96 Å². The van der Waals surface area contributed by atoms with E-state index in [4.69, 9.17) is 9.47 Å². The number of nitrogens with one attached hydrogen (secondary N) is 2. The summed E-state index contributed by atoms with van der Waals surface area (Å²) in [6.45, 7) is 12.3. The molecule has 1 rings (SSSR count). The van der Waals surface area contributed by atoms with Crippen LogP contribution >= 0.6 is 24.0 Å². The van der Waals surface area contributed by atoms with E-state index in [9.17, 15) is 0 Å². The third-order valence-electron chi connectivity index (χ3n) is 3.94. The fraction of sp³-hybridized carbons (Fsp3) is 0.650. The molecule has 1 atom stereocenters. The number of ether oxygens (including phenoxy) is 2. The summed E-state index contributed by atoms with van der Waals surface area (Å²) in [6.07, 6.45) is 1.26. The lowest BCUT2D eigenvalue weighted by Gasteiger charge is -2.21. The van der Waals surface area contributed by atoms with Gasteiger partial charge in [-0.3, -0.25) is 0 Å². The first kappa shape index (κ1) is 25.1. The Morgan fingerprint density at radius 1 is 1.08 bits per heavy atom. The molecule has 0 amide bonds. The highest BCUT2D eigenvalue weighted by atomic mass is 127. The minimum absolute atomic E-state index is 0. The van der Waals surface area contributed by atoms with E-state index < -0.39 is 0 Å². The monoisotopic (exact) mass is 477 g/mol. The molecule has 5 nitrogen and oxygen atoms in total. The lowest BCUT2D eigenvalue weighted by Crippen LogP contribution is -2.39. The number of hydrogen-bond donors (Lipinski definition) is 2. The van der Waals surface area contributed by atoms with Crippen molar-refractivity contribution in [2.24, 2.45) is 10.9 Å². The molecule has 26 heavy (non-hydrogen) atoms. The van der Waals surface area contributed by atoms with E-state index in [2.05, 4.69) is 60.7 Å². The summed E-state index contributed by atoms with van der Waals surface area (Å²) < 4.78 is 10.9. The van der Waals surface area contributed by atoms with Crippen LogP contribution in [0.1, 0.15) is 45.2 Å². The number of rotatable bonds is 11. The number of methoxy groups -OCH3 is 1. The molecule has 0 heterocycles. The van der Waals surface area contributed by atoms with Crippen LogP contribution < -0.4 is 10.6 Å². The van der Waals surface area contributed by atoms with Gasteiger partial charge in [0.2, 0.25) is 0 Å². The normalized spacial score (nSPS) is 12.6. The highest BCUT2D eigenvalue weighted by molar-refractivity contribution is 14.0. The molecule has 150 valence electrons. The SMILES string of the molecule is CCNC(=NCc1ccc(COC)cc1)NCCC(OCC)C(C)C.I. The molecule has 6 heteroatoms. The van der Waals surface area contributed by atoms with Crippen LogP contribution in [0.4, 0.5) is 0 Å². The molecule has 0 bridgehead atoms. The first-order valence-corrected chi connectivity index (χ1v) is 9.31. The standard InChI is InChI=1S/C20H35N3O2.HI/c1-6-21-20(22-13-12-19(16(3)4)25-7-2)23-14-17-8-10-18(11-9-17)15-24-5;/h8-11,16,19H,6-7,12-15H2,1-5H3,(H2,21,22,23);1H. The Balaban J connectivity index is 0.00000625. The van der Waals surface area contributed by atoms with Crippen LogP contribution in [0.3, 0.4) is 0 Å². The maximum absolute atomic E-state index is 5.80. The van der Waals surface area contributed by atoms with E-state index >= 15 is 0 Å². The number of aliphatic imine (C=N–C) groups is 1. The van der Waals surface area contributed by atoms with Crippen LogP contribution in [-0.2, 0) is 22.6 Å². The molecule has 0 aliphatic heterocycles. The second-order valence-corrected chi connectivity index (χ2v) is 6.40. The molecule has 1 aromatic carbocycles. The molecule has 0 fully saturated rings. The minimum atomic E-state index is 0. The van der Waals surface area contributed by atoms with Crippen molar-refractivity contribution in [3.63, 3.8) is 0 Å². The highest BCUT2D eigenvalue weighted by Gasteiger charge is 2.12. The third kappa shape index (κ3) is 10.3. The molecule has 1 aromatic rings. The average Bonchev–Trinajstić information content (AvgIpc) is 2.60. The number of benzene rings is 1. The van der Waals surface area contributed by atoms with Crippen molar-refractivity contribution in [1.82, 2.24) is 10.6 Å². The van der Waals surface area contributed by atoms with Gasteiger partial charge in [-0.2, -0.15) is 0 Å². The van der Waals surface area contributed by atoms with Crippen LogP contribution in [0.15, 0.2) is 29.3 Å². The molecule has 2 N–H and O–H groups in total. The number of halogens is 1. The maximum Gasteiger partial charge on any atom is 0.191 e. The topological polar surface area (TPSA) is 54.9 Å². The number of hydrogen-bond acceptors (Lipinski definition) is 3. The zero-order valence-corrected chi connectivity index (χ0v) is 19.2. The summed E-state index contributed by atoms with van der Waals surface area (Å²) in [5, 5.41) is 6.70. The quantitative estimate of drug-likeness (QED) is 0.288. The average molecular weight is 477 g/mol. The Labute approximate surface area is 176 Å². The first-order chi connectivity index (χ1) is 12.1. The van der Waals surface area contributed by atoms with E-state index in [1.807, 2.05) is 6.92 Å². The largest absolute Gasteiger partial charge is 0.380 e. The van der Waals surface area contributed by atoms with E-state index in [0.717, 1.165) is 32.1 Å². The van der Waals surface area contributed by atoms with Gasteiger partial charge in [-0.25, -0.2) is 4.99 Å². The Hall–Kier alpha value is -0.860. The summed E-state index contributed by atoms with van der Waals surface area (Å²) in [4.78, 5) is 4.67. The lowest BCUT2D eigenvalue weighted by molar-refractivity contribution is 0.0258. The molecule has 0 saturated heterocycles. The first-order valence-electron chi connectivity index (χ1n) is 9.31. The number of guanidine groups is 1. The molecule has 0 aliphatic rings. The molecular weight excluding hydrogens is 441 g/mol. The van der Waals surface area contributed by atoms with E-state index in [1.54, 1.807) is 7.11 Å². The van der Waals surface area contributed by atoms with Crippen molar-refractivity contribution >= 4 is 29.9 Å². The van der Waals surface area contributed by atoms with Crippen molar-refractivity contribution in [1.29, 1.82) is 0 Å². The van der Waals surface area contributed by atoms with Gasteiger partial charge in [-0.05, 0) is 37.3 Å². The third-order valence-corrected chi connectivity index (χ3v) is 3.94. The zero-order chi connectivity index (χ0) is 18.5. The van der Waals surface area contributed by atoms with Crippen molar-refractivity contribution < 1.29 is 9.47 Å². The minimum Gasteiger partial charge on any atom is -0.380 e. The Kier molecular flexibility index (Phi) is 14.7. The second kappa shape index (κ2) is 15.2. The molecule has 0 radical (unpaired) electrons. The predicted octanol–water partition coefficient (Wildman–Crippen LogP) is 3.96. The summed E-state index contributed by atoms with van der Waals surface area (Å²) in [7, 11) is 1.71. The Morgan fingerprint density at radius 3 is 2.27 bits per heavy atom. The van der Waals surface area contributed by atoms with Gasteiger partial charge in [-0.1, -0.05) is 38.1 Å². The molecule has 0 aliphatic carbocycles. The van der Waals surface area contributed by atoms with Crippen molar-refractivity contribution in [3.8, 4) is 0 Å². The zero-order valence-electron chi connectivity index (χ0n) is 16.9. The fourth-order valence-electron chi connectivity index (χ4n) is 2.58. The summed E-state index contributed by atoms with van der Waals surface area (Å²) in [6, 6.07) is 8.38. The summed E-state index contributed by atoms with van der Waals surface area (Å²) in [5.41, 5.74) is 2.36. The van der Waals surface area contributed by atoms with Crippen LogP contribution in [0, 0.1) is 5.92 Å². The van der Waals surface area contributed by atoms with E-state index in [1.165, 1.54) is 11.1 Å². The van der Waals surface area contributed by atoms with Crippen molar-refractivity contribution in [3.05, 3.63) is 35.4 Å². The summed E-state index contributed by atoms with van der Waals surface area (Å²) >= 11 is 0. The lowest BCUT2D eigenvalue weighted by atomic mass is 10.0. The van der Waals surface area contributed by atoms with Crippen LogP contribution in [0.25, 0.3) is 0 Å². The molecular formula is C20H36IN3O2. The van der Waals surface area contributed by atoms with Crippen LogP contribution in [0.5, 0.6) is 0 Å². The fourth-order valence-corrected chi connectivity index (χ4v) is 2.58. The van der Waals surface area contributed by atoms with Crippen LogP contribution in [0.2, 0.25) is 0 Å². The number of nitrogens with zero attached hydrogens (tertiary/aromatic N) is 1. The van der Waals surface area contributed by atoms with E-state index in [-0.39, 0.29) is 30.1 Å². The van der Waals surface area contributed by atoms with Crippen molar-refractivity contribution in [2.75, 3.05) is 26.8 Å². The van der Waals surface area contributed by atoms with Gasteiger partial charge < -0.3 is 20.1 Å². The van der Waals surface area contributed by atoms with Gasteiger partial charge >= 0.3 is 0 Å². The molecule has 0 spiro atoms. The predicted molar refractivity (Wildman–Crippen MR) is 120 cm³/mol. The van der Waals surface area contributed by atoms with Gasteiger partial charge in [0.25, 0.3) is 0 Å². The van der Waals surface area contributed by atoms with Crippen molar-refractivity contribution in [2.45, 2.75) is 53.4 Å². The van der Waals surface area contributed by atoms with Gasteiger partial charge in [0, 0.05) is 26.8 Å². The van der Waals surface area contributed by atoms with E-state index in [0.29, 0.717) is 19.1 Å². The molecule has 1 unspecified atom stereocenters. The van der Waals surface area contributed by atoms with Crippen LogP contribution in [-0.4, -0.2) is 38.9 Å².